The average Bonchev–Trinajstić information content (AvgIpc) is 3.00. The van der Waals surface area contributed by atoms with Gasteiger partial charge in [-0.25, -0.2) is 0 Å². The molecular formula is C17H14BrNO3. The number of hydrogen-bond donors (Lipinski definition) is 1. The monoisotopic (exact) mass is 359 g/mol. The van der Waals surface area contributed by atoms with Crippen molar-refractivity contribution in [1.29, 1.82) is 0 Å². The van der Waals surface area contributed by atoms with Gasteiger partial charge in [0.05, 0.1) is 0 Å². The first-order valence-electron chi connectivity index (χ1n) is 6.81. The molecule has 0 fully saturated rings. The van der Waals surface area contributed by atoms with Crippen LogP contribution in [0.2, 0.25) is 0 Å². The van der Waals surface area contributed by atoms with E-state index >= 15 is 0 Å². The summed E-state index contributed by atoms with van der Waals surface area (Å²) in [5.74, 6) is 1.30. The maximum Gasteiger partial charge on any atom is 0.244 e. The molecule has 112 valence electrons. The Balaban J connectivity index is 1.56. The van der Waals surface area contributed by atoms with Crippen LogP contribution in [0, 0.1) is 0 Å². The molecule has 0 spiro atoms. The Hall–Kier alpha value is -2.27. The van der Waals surface area contributed by atoms with Crippen molar-refractivity contribution in [2.75, 3.05) is 6.79 Å². The zero-order valence-corrected chi connectivity index (χ0v) is 13.3. The molecule has 0 saturated carbocycles. The van der Waals surface area contributed by atoms with E-state index in [1.165, 1.54) is 6.08 Å². The number of amides is 1. The van der Waals surface area contributed by atoms with Crippen LogP contribution < -0.4 is 14.8 Å². The van der Waals surface area contributed by atoms with Gasteiger partial charge in [-0.05, 0) is 41.5 Å². The lowest BCUT2D eigenvalue weighted by Gasteiger charge is -2.03. The van der Waals surface area contributed by atoms with Gasteiger partial charge in [0, 0.05) is 17.1 Å². The summed E-state index contributed by atoms with van der Waals surface area (Å²) < 4.78 is 11.6. The molecule has 0 radical (unpaired) electrons. The number of hydrogen-bond acceptors (Lipinski definition) is 3. The molecule has 1 N–H and O–H groups in total. The van der Waals surface area contributed by atoms with E-state index in [1.54, 1.807) is 6.08 Å². The largest absolute Gasteiger partial charge is 0.454 e. The third kappa shape index (κ3) is 3.68. The molecule has 0 aromatic heterocycles. The van der Waals surface area contributed by atoms with Gasteiger partial charge in [-0.1, -0.05) is 34.1 Å². The van der Waals surface area contributed by atoms with E-state index in [-0.39, 0.29) is 12.7 Å². The molecular weight excluding hydrogens is 346 g/mol. The number of nitrogens with one attached hydrogen (secondary N) is 1. The molecule has 3 rings (SSSR count). The lowest BCUT2D eigenvalue weighted by atomic mass is 10.2. The summed E-state index contributed by atoms with van der Waals surface area (Å²) in [6.45, 7) is 0.744. The van der Waals surface area contributed by atoms with Crippen molar-refractivity contribution in [3.05, 3.63) is 64.1 Å². The fourth-order valence-corrected chi connectivity index (χ4v) is 2.30. The van der Waals surface area contributed by atoms with Gasteiger partial charge in [0.1, 0.15) is 0 Å². The number of benzene rings is 2. The molecule has 22 heavy (non-hydrogen) atoms. The molecule has 0 aliphatic carbocycles. The smallest absolute Gasteiger partial charge is 0.244 e. The average molecular weight is 360 g/mol. The molecule has 0 unspecified atom stereocenters. The Bertz CT molecular complexity index is 710. The highest BCUT2D eigenvalue weighted by molar-refractivity contribution is 9.10. The Morgan fingerprint density at radius 1 is 1.14 bits per heavy atom. The lowest BCUT2D eigenvalue weighted by Crippen LogP contribution is -2.20. The topological polar surface area (TPSA) is 47.6 Å². The van der Waals surface area contributed by atoms with Crippen LogP contribution in [0.15, 0.2) is 53.0 Å². The van der Waals surface area contributed by atoms with Crippen LogP contribution in [0.3, 0.4) is 0 Å². The fraction of sp³-hybridized carbons (Fsp3) is 0.118. The molecule has 0 saturated heterocycles. The van der Waals surface area contributed by atoms with E-state index in [9.17, 15) is 4.79 Å². The lowest BCUT2D eigenvalue weighted by molar-refractivity contribution is -0.116. The molecule has 1 heterocycles. The van der Waals surface area contributed by atoms with Crippen molar-refractivity contribution in [2.24, 2.45) is 0 Å². The summed E-state index contributed by atoms with van der Waals surface area (Å²) in [5, 5.41) is 2.84. The van der Waals surface area contributed by atoms with Gasteiger partial charge in [-0.2, -0.15) is 0 Å². The predicted molar refractivity (Wildman–Crippen MR) is 87.6 cm³/mol. The summed E-state index contributed by atoms with van der Waals surface area (Å²) in [6.07, 6.45) is 3.26. The third-order valence-electron chi connectivity index (χ3n) is 3.20. The summed E-state index contributed by atoms with van der Waals surface area (Å²) in [5.41, 5.74) is 1.94. The van der Waals surface area contributed by atoms with E-state index in [4.69, 9.17) is 9.47 Å². The van der Waals surface area contributed by atoms with Gasteiger partial charge in [0.15, 0.2) is 11.5 Å². The quantitative estimate of drug-likeness (QED) is 0.849. The van der Waals surface area contributed by atoms with Crippen LogP contribution in [-0.4, -0.2) is 12.7 Å². The van der Waals surface area contributed by atoms with Gasteiger partial charge >= 0.3 is 0 Å². The van der Waals surface area contributed by atoms with Gasteiger partial charge in [0.25, 0.3) is 0 Å². The standard InChI is InChI=1S/C17H14BrNO3/c18-14-5-1-13(2-6-14)10-19-17(20)8-4-12-3-7-15-16(9-12)22-11-21-15/h1-9H,10-11H2,(H,19,20)/b8-4+. The van der Waals surface area contributed by atoms with Crippen LogP contribution in [0.4, 0.5) is 0 Å². The Morgan fingerprint density at radius 2 is 1.91 bits per heavy atom. The second kappa shape index (κ2) is 6.66. The number of carbonyl (C=O) groups excluding carboxylic acids is 1. The molecule has 0 atom stereocenters. The van der Waals surface area contributed by atoms with Gasteiger partial charge in [0.2, 0.25) is 12.7 Å². The normalized spacial score (nSPS) is 12.6. The van der Waals surface area contributed by atoms with Gasteiger partial charge in [-0.15, -0.1) is 0 Å². The van der Waals surface area contributed by atoms with Crippen molar-refractivity contribution >= 4 is 27.9 Å². The highest BCUT2D eigenvalue weighted by Crippen LogP contribution is 2.32. The van der Waals surface area contributed by atoms with Crippen LogP contribution in [0.1, 0.15) is 11.1 Å². The summed E-state index contributed by atoms with van der Waals surface area (Å²) in [7, 11) is 0. The maximum absolute atomic E-state index is 11.8. The Morgan fingerprint density at radius 3 is 2.73 bits per heavy atom. The van der Waals surface area contributed by atoms with Gasteiger partial charge < -0.3 is 14.8 Å². The van der Waals surface area contributed by atoms with Crippen molar-refractivity contribution in [2.45, 2.75) is 6.54 Å². The minimum atomic E-state index is -0.138. The molecule has 2 aromatic carbocycles. The van der Waals surface area contributed by atoms with Crippen molar-refractivity contribution in [1.82, 2.24) is 5.32 Å². The van der Waals surface area contributed by atoms with Crippen molar-refractivity contribution < 1.29 is 14.3 Å². The highest BCUT2D eigenvalue weighted by Gasteiger charge is 2.12. The highest BCUT2D eigenvalue weighted by atomic mass is 79.9. The van der Waals surface area contributed by atoms with E-state index in [1.807, 2.05) is 42.5 Å². The van der Waals surface area contributed by atoms with Crippen molar-refractivity contribution in [3.8, 4) is 11.5 Å². The number of carbonyl (C=O) groups is 1. The van der Waals surface area contributed by atoms with Gasteiger partial charge in [-0.3, -0.25) is 4.79 Å². The van der Waals surface area contributed by atoms with E-state index in [0.717, 1.165) is 21.3 Å². The number of rotatable bonds is 4. The summed E-state index contributed by atoms with van der Waals surface area (Å²) >= 11 is 3.38. The zero-order valence-electron chi connectivity index (χ0n) is 11.7. The molecule has 4 nitrogen and oxygen atoms in total. The Labute approximate surface area is 136 Å². The minimum Gasteiger partial charge on any atom is -0.454 e. The zero-order chi connectivity index (χ0) is 15.4. The number of fused-ring (bicyclic) bond motifs is 1. The molecule has 5 heteroatoms. The van der Waals surface area contributed by atoms with Crippen LogP contribution in [0.25, 0.3) is 6.08 Å². The van der Waals surface area contributed by atoms with Crippen molar-refractivity contribution in [3.63, 3.8) is 0 Å². The molecule has 2 aromatic rings. The molecule has 1 aliphatic heterocycles. The first-order chi connectivity index (χ1) is 10.7. The number of ether oxygens (including phenoxy) is 2. The van der Waals surface area contributed by atoms with Crippen LogP contribution >= 0.6 is 15.9 Å². The maximum atomic E-state index is 11.8. The van der Waals surface area contributed by atoms with Crippen LogP contribution in [0.5, 0.6) is 11.5 Å². The summed E-state index contributed by atoms with van der Waals surface area (Å²) in [4.78, 5) is 11.8. The first kappa shape index (κ1) is 14.7. The summed E-state index contributed by atoms with van der Waals surface area (Å²) in [6, 6.07) is 13.4. The second-order valence-electron chi connectivity index (χ2n) is 4.79. The fourth-order valence-electron chi connectivity index (χ4n) is 2.04. The molecule has 0 bridgehead atoms. The minimum absolute atomic E-state index is 0.138. The Kier molecular flexibility index (Phi) is 4.44. The molecule has 1 aliphatic rings. The molecule has 1 amide bonds. The van der Waals surface area contributed by atoms with Crippen LogP contribution in [-0.2, 0) is 11.3 Å². The van der Waals surface area contributed by atoms with E-state index in [0.29, 0.717) is 12.3 Å². The number of halogens is 1. The van der Waals surface area contributed by atoms with E-state index in [2.05, 4.69) is 21.2 Å². The second-order valence-corrected chi connectivity index (χ2v) is 5.71. The third-order valence-corrected chi connectivity index (χ3v) is 3.73. The SMILES string of the molecule is O=C(/C=C/c1ccc2c(c1)OCO2)NCc1ccc(Br)cc1. The first-order valence-corrected chi connectivity index (χ1v) is 7.60. The predicted octanol–water partition coefficient (Wildman–Crippen LogP) is 3.51. The van der Waals surface area contributed by atoms with E-state index < -0.39 is 0 Å².